The van der Waals surface area contributed by atoms with E-state index in [1.54, 1.807) is 24.0 Å². The first-order chi connectivity index (χ1) is 9.43. The molecule has 0 aliphatic heterocycles. The Balaban J connectivity index is 2.32. The zero-order chi connectivity index (χ0) is 14.9. The van der Waals surface area contributed by atoms with Gasteiger partial charge in [-0.15, -0.1) is 11.3 Å². The molecule has 2 aromatic rings. The molecule has 0 fully saturated rings. The van der Waals surface area contributed by atoms with E-state index in [0.717, 1.165) is 10.4 Å². The highest BCUT2D eigenvalue weighted by Gasteiger charge is 2.22. The van der Waals surface area contributed by atoms with Crippen molar-refractivity contribution < 1.29 is 14.3 Å². The number of aryl methyl sites for hydroxylation is 2. The van der Waals surface area contributed by atoms with E-state index in [4.69, 9.17) is 4.74 Å². The second-order valence-electron chi connectivity index (χ2n) is 4.31. The van der Waals surface area contributed by atoms with Crippen LogP contribution in [0.25, 0.3) is 0 Å². The molecule has 106 valence electrons. The SMILES string of the molecule is COC(=O)c1c(NC(=O)c2ccn(C)n2)sc(C)c1C. The Bertz CT molecular complexity index is 672. The summed E-state index contributed by atoms with van der Waals surface area (Å²) in [6.07, 6.45) is 1.68. The smallest absolute Gasteiger partial charge is 0.341 e. The molecule has 0 saturated heterocycles. The lowest BCUT2D eigenvalue weighted by atomic mass is 10.1. The minimum atomic E-state index is -0.455. The molecule has 2 aromatic heterocycles. The fraction of sp³-hybridized carbons (Fsp3) is 0.308. The summed E-state index contributed by atoms with van der Waals surface area (Å²) in [5, 5.41) is 7.23. The monoisotopic (exact) mass is 293 g/mol. The maximum Gasteiger partial charge on any atom is 0.341 e. The third kappa shape index (κ3) is 2.57. The molecule has 2 heterocycles. The molecular weight excluding hydrogens is 278 g/mol. The van der Waals surface area contributed by atoms with Crippen molar-refractivity contribution in [3.63, 3.8) is 0 Å². The van der Waals surface area contributed by atoms with Crippen molar-refractivity contribution >= 4 is 28.2 Å². The number of carbonyl (C=O) groups is 2. The molecule has 0 atom stereocenters. The third-order valence-corrected chi connectivity index (χ3v) is 4.07. The van der Waals surface area contributed by atoms with Gasteiger partial charge in [0.15, 0.2) is 5.69 Å². The van der Waals surface area contributed by atoms with Crippen molar-refractivity contribution in [3.05, 3.63) is 34.0 Å². The number of aromatic nitrogens is 2. The van der Waals surface area contributed by atoms with Crippen LogP contribution < -0.4 is 5.32 Å². The van der Waals surface area contributed by atoms with Crippen LogP contribution in [0.3, 0.4) is 0 Å². The Morgan fingerprint density at radius 3 is 2.65 bits per heavy atom. The van der Waals surface area contributed by atoms with Crippen LogP contribution >= 0.6 is 11.3 Å². The Kier molecular flexibility index (Phi) is 3.89. The molecule has 1 amide bonds. The highest BCUT2D eigenvalue weighted by molar-refractivity contribution is 7.16. The average molecular weight is 293 g/mol. The Hall–Kier alpha value is -2.15. The van der Waals surface area contributed by atoms with E-state index >= 15 is 0 Å². The largest absolute Gasteiger partial charge is 0.465 e. The van der Waals surface area contributed by atoms with Gasteiger partial charge in [0, 0.05) is 18.1 Å². The van der Waals surface area contributed by atoms with Crippen LogP contribution in [0, 0.1) is 13.8 Å². The average Bonchev–Trinajstić information content (AvgIpc) is 2.94. The zero-order valence-electron chi connectivity index (χ0n) is 11.7. The maximum absolute atomic E-state index is 12.1. The number of hydrogen-bond acceptors (Lipinski definition) is 5. The van der Waals surface area contributed by atoms with Crippen molar-refractivity contribution in [2.45, 2.75) is 13.8 Å². The van der Waals surface area contributed by atoms with E-state index in [2.05, 4.69) is 10.4 Å². The highest BCUT2D eigenvalue weighted by Crippen LogP contribution is 2.33. The molecule has 6 nitrogen and oxygen atoms in total. The summed E-state index contributed by atoms with van der Waals surface area (Å²) in [6.45, 7) is 3.72. The summed E-state index contributed by atoms with van der Waals surface area (Å²) < 4.78 is 6.30. The summed E-state index contributed by atoms with van der Waals surface area (Å²) in [7, 11) is 3.05. The summed E-state index contributed by atoms with van der Waals surface area (Å²) in [6, 6.07) is 1.61. The van der Waals surface area contributed by atoms with Gasteiger partial charge < -0.3 is 10.1 Å². The van der Waals surface area contributed by atoms with Crippen LogP contribution in [0.4, 0.5) is 5.00 Å². The number of nitrogens with zero attached hydrogens (tertiary/aromatic N) is 2. The van der Waals surface area contributed by atoms with E-state index in [1.807, 2.05) is 13.8 Å². The Morgan fingerprint density at radius 1 is 1.40 bits per heavy atom. The van der Waals surface area contributed by atoms with Crippen molar-refractivity contribution in [2.75, 3.05) is 12.4 Å². The van der Waals surface area contributed by atoms with E-state index in [9.17, 15) is 9.59 Å². The number of rotatable bonds is 3. The van der Waals surface area contributed by atoms with Gasteiger partial charge in [0.05, 0.1) is 12.7 Å². The molecule has 0 aliphatic carbocycles. The predicted molar refractivity (Wildman–Crippen MR) is 76.3 cm³/mol. The lowest BCUT2D eigenvalue weighted by Gasteiger charge is -2.04. The first-order valence-corrected chi connectivity index (χ1v) is 6.75. The number of carbonyl (C=O) groups excluding carboxylic acids is 2. The molecule has 0 spiro atoms. The molecule has 0 aliphatic rings. The quantitative estimate of drug-likeness (QED) is 0.880. The number of anilines is 1. The summed E-state index contributed by atoms with van der Waals surface area (Å²) in [4.78, 5) is 24.8. The van der Waals surface area contributed by atoms with E-state index in [0.29, 0.717) is 16.3 Å². The molecular formula is C13H15N3O3S. The van der Waals surface area contributed by atoms with Gasteiger partial charge in [0.1, 0.15) is 5.00 Å². The molecule has 0 saturated carbocycles. The fourth-order valence-corrected chi connectivity index (χ4v) is 2.81. The van der Waals surface area contributed by atoms with Crippen LogP contribution in [-0.4, -0.2) is 28.8 Å². The number of esters is 1. The highest BCUT2D eigenvalue weighted by atomic mass is 32.1. The lowest BCUT2D eigenvalue weighted by Crippen LogP contribution is -2.15. The second-order valence-corrected chi connectivity index (χ2v) is 5.53. The van der Waals surface area contributed by atoms with Crippen LogP contribution in [0.1, 0.15) is 31.3 Å². The van der Waals surface area contributed by atoms with Crippen LogP contribution in [0.2, 0.25) is 0 Å². The first-order valence-electron chi connectivity index (χ1n) is 5.93. The molecule has 0 unspecified atom stereocenters. The number of methoxy groups -OCH3 is 1. The van der Waals surface area contributed by atoms with Gasteiger partial charge in [-0.2, -0.15) is 5.10 Å². The molecule has 0 bridgehead atoms. The van der Waals surface area contributed by atoms with Crippen LogP contribution in [-0.2, 0) is 11.8 Å². The van der Waals surface area contributed by atoms with Gasteiger partial charge >= 0.3 is 5.97 Å². The van der Waals surface area contributed by atoms with Gasteiger partial charge in [-0.3, -0.25) is 9.48 Å². The molecule has 7 heteroatoms. The molecule has 1 N–H and O–H groups in total. The first kappa shape index (κ1) is 14.3. The van der Waals surface area contributed by atoms with Gasteiger partial charge in [-0.05, 0) is 25.5 Å². The lowest BCUT2D eigenvalue weighted by molar-refractivity contribution is 0.0601. The van der Waals surface area contributed by atoms with E-state index < -0.39 is 5.97 Å². The number of ether oxygens (including phenoxy) is 1. The Labute approximate surface area is 120 Å². The standard InChI is InChI=1S/C13H15N3O3S/c1-7-8(2)20-12(10(7)13(18)19-4)14-11(17)9-5-6-16(3)15-9/h5-6H,1-4H3,(H,14,17). The van der Waals surface area contributed by atoms with Gasteiger partial charge in [-0.1, -0.05) is 0 Å². The number of thiophene rings is 1. The third-order valence-electron chi connectivity index (χ3n) is 2.95. The minimum Gasteiger partial charge on any atom is -0.465 e. The molecule has 2 rings (SSSR count). The number of nitrogens with one attached hydrogen (secondary N) is 1. The van der Waals surface area contributed by atoms with Gasteiger partial charge in [0.2, 0.25) is 0 Å². The van der Waals surface area contributed by atoms with Crippen molar-refractivity contribution in [1.29, 1.82) is 0 Å². The van der Waals surface area contributed by atoms with E-state index in [1.165, 1.54) is 18.4 Å². The fourth-order valence-electron chi connectivity index (χ4n) is 1.77. The maximum atomic E-state index is 12.1. The second kappa shape index (κ2) is 5.46. The molecule has 0 radical (unpaired) electrons. The van der Waals surface area contributed by atoms with Crippen molar-refractivity contribution in [1.82, 2.24) is 9.78 Å². The number of amides is 1. The van der Waals surface area contributed by atoms with Crippen LogP contribution in [0.15, 0.2) is 12.3 Å². The Morgan fingerprint density at radius 2 is 2.10 bits per heavy atom. The van der Waals surface area contributed by atoms with Gasteiger partial charge in [0.25, 0.3) is 5.91 Å². The van der Waals surface area contributed by atoms with Crippen molar-refractivity contribution in [3.8, 4) is 0 Å². The number of hydrogen-bond donors (Lipinski definition) is 1. The van der Waals surface area contributed by atoms with Gasteiger partial charge in [-0.25, -0.2) is 4.79 Å². The zero-order valence-corrected chi connectivity index (χ0v) is 12.5. The normalized spacial score (nSPS) is 10.4. The molecule has 0 aromatic carbocycles. The summed E-state index contributed by atoms with van der Waals surface area (Å²) >= 11 is 1.35. The minimum absolute atomic E-state index is 0.298. The summed E-state index contributed by atoms with van der Waals surface area (Å²) in [5.74, 6) is -0.805. The van der Waals surface area contributed by atoms with Crippen LogP contribution in [0.5, 0.6) is 0 Å². The van der Waals surface area contributed by atoms with Crippen molar-refractivity contribution in [2.24, 2.45) is 7.05 Å². The van der Waals surface area contributed by atoms with E-state index in [-0.39, 0.29) is 5.91 Å². The molecule has 20 heavy (non-hydrogen) atoms. The topological polar surface area (TPSA) is 73.2 Å². The predicted octanol–water partition coefficient (Wildman–Crippen LogP) is 2.14. The summed E-state index contributed by atoms with van der Waals surface area (Å²) in [5.41, 5.74) is 1.52.